The molecule has 1 saturated heterocycles. The van der Waals surface area contributed by atoms with Gasteiger partial charge in [-0.25, -0.2) is 0 Å². The first-order valence-electron chi connectivity index (χ1n) is 9.13. The first-order valence-corrected chi connectivity index (χ1v) is 9.51. The molecule has 0 unspecified atom stereocenters. The molecular formula is C19H27ClN2O4. The van der Waals surface area contributed by atoms with Gasteiger partial charge in [0.2, 0.25) is 5.91 Å². The van der Waals surface area contributed by atoms with Gasteiger partial charge in [-0.1, -0.05) is 24.9 Å². The van der Waals surface area contributed by atoms with E-state index < -0.39 is 0 Å². The second-order valence-electron chi connectivity index (χ2n) is 6.29. The maximum Gasteiger partial charge on any atom is 0.251 e. The fourth-order valence-electron chi connectivity index (χ4n) is 2.88. The Morgan fingerprint density at radius 1 is 1.31 bits per heavy atom. The summed E-state index contributed by atoms with van der Waals surface area (Å²) in [4.78, 5) is 26.2. The molecule has 144 valence electrons. The van der Waals surface area contributed by atoms with Crippen LogP contribution in [0.5, 0.6) is 11.5 Å². The second-order valence-corrected chi connectivity index (χ2v) is 6.69. The number of nitrogens with one attached hydrogen (secondary N) is 1. The van der Waals surface area contributed by atoms with Crippen molar-refractivity contribution >= 4 is 23.4 Å². The zero-order valence-electron chi connectivity index (χ0n) is 15.5. The molecule has 0 spiro atoms. The number of benzene rings is 1. The van der Waals surface area contributed by atoms with Gasteiger partial charge in [0.1, 0.15) is 0 Å². The van der Waals surface area contributed by atoms with E-state index in [0.717, 1.165) is 32.2 Å². The fourth-order valence-corrected chi connectivity index (χ4v) is 3.14. The van der Waals surface area contributed by atoms with Gasteiger partial charge >= 0.3 is 0 Å². The van der Waals surface area contributed by atoms with E-state index in [2.05, 4.69) is 5.32 Å². The minimum Gasteiger partial charge on any atom is -0.493 e. The lowest BCUT2D eigenvalue weighted by Gasteiger charge is -2.20. The molecule has 1 N–H and O–H groups in total. The molecule has 7 heteroatoms. The monoisotopic (exact) mass is 382 g/mol. The van der Waals surface area contributed by atoms with E-state index in [1.54, 1.807) is 12.1 Å². The van der Waals surface area contributed by atoms with E-state index in [0.29, 0.717) is 48.2 Å². The number of ether oxygens (including phenoxy) is 2. The van der Waals surface area contributed by atoms with E-state index in [9.17, 15) is 9.59 Å². The van der Waals surface area contributed by atoms with Gasteiger partial charge in [0.25, 0.3) is 5.91 Å². The number of hydrogen-bond donors (Lipinski definition) is 1. The number of nitrogens with zero attached hydrogens (tertiary/aromatic N) is 1. The third-order valence-electron chi connectivity index (χ3n) is 4.28. The van der Waals surface area contributed by atoms with Crippen LogP contribution >= 0.6 is 11.6 Å². The van der Waals surface area contributed by atoms with E-state index in [1.165, 1.54) is 7.11 Å². The van der Waals surface area contributed by atoms with Crippen molar-refractivity contribution in [2.24, 2.45) is 0 Å². The van der Waals surface area contributed by atoms with Crippen molar-refractivity contribution in [1.82, 2.24) is 10.2 Å². The minimum atomic E-state index is -0.255. The van der Waals surface area contributed by atoms with Crippen molar-refractivity contribution in [2.45, 2.75) is 39.0 Å². The van der Waals surface area contributed by atoms with Gasteiger partial charge in [0, 0.05) is 31.6 Å². The summed E-state index contributed by atoms with van der Waals surface area (Å²) >= 11 is 6.25. The number of hydrogen-bond acceptors (Lipinski definition) is 4. The van der Waals surface area contributed by atoms with Crippen molar-refractivity contribution in [3.8, 4) is 11.5 Å². The average Bonchev–Trinajstić information content (AvgIpc) is 2.84. The minimum absolute atomic E-state index is 0.166. The van der Waals surface area contributed by atoms with Crippen LogP contribution in [0.15, 0.2) is 12.1 Å². The molecule has 0 saturated carbocycles. The molecule has 2 amide bonds. The van der Waals surface area contributed by atoms with E-state index in [1.807, 2.05) is 11.8 Å². The van der Waals surface area contributed by atoms with Gasteiger partial charge < -0.3 is 19.7 Å². The number of carbonyl (C=O) groups is 2. The Kier molecular flexibility index (Phi) is 8.04. The lowest BCUT2D eigenvalue weighted by molar-refractivity contribution is -0.130. The number of carbonyl (C=O) groups excluding carboxylic acids is 2. The van der Waals surface area contributed by atoms with Crippen molar-refractivity contribution in [3.05, 3.63) is 22.7 Å². The van der Waals surface area contributed by atoms with E-state index in [-0.39, 0.29) is 11.8 Å². The Balaban J connectivity index is 1.96. The van der Waals surface area contributed by atoms with Crippen molar-refractivity contribution in [3.63, 3.8) is 0 Å². The van der Waals surface area contributed by atoms with Crippen LogP contribution in [0.4, 0.5) is 0 Å². The molecule has 1 aliphatic rings. The molecule has 1 aromatic rings. The van der Waals surface area contributed by atoms with Crippen LogP contribution in [0.3, 0.4) is 0 Å². The summed E-state index contributed by atoms with van der Waals surface area (Å²) in [6, 6.07) is 3.19. The summed E-state index contributed by atoms with van der Waals surface area (Å²) in [6.45, 7) is 4.20. The largest absolute Gasteiger partial charge is 0.493 e. The fraction of sp³-hybridized carbons (Fsp3) is 0.579. The number of rotatable bonds is 8. The standard InChI is InChI=1S/C19H27ClN2O4/c1-3-11-26-18-15(20)12-14(13-16(18)25-2)19(24)21-8-10-22-9-6-4-5-7-17(22)23/h12-13H,3-11H2,1-2H3,(H,21,24). The number of halogens is 1. The van der Waals surface area contributed by atoms with Crippen LogP contribution < -0.4 is 14.8 Å². The molecule has 26 heavy (non-hydrogen) atoms. The molecule has 1 heterocycles. The van der Waals surface area contributed by atoms with Gasteiger partial charge in [0.05, 0.1) is 18.7 Å². The maximum absolute atomic E-state index is 12.4. The molecule has 0 radical (unpaired) electrons. The molecule has 6 nitrogen and oxygen atoms in total. The summed E-state index contributed by atoms with van der Waals surface area (Å²) in [5.41, 5.74) is 0.401. The molecule has 2 rings (SSSR count). The van der Waals surface area contributed by atoms with E-state index >= 15 is 0 Å². The predicted molar refractivity (Wildman–Crippen MR) is 101 cm³/mol. The Morgan fingerprint density at radius 2 is 2.12 bits per heavy atom. The lowest BCUT2D eigenvalue weighted by Crippen LogP contribution is -2.38. The quantitative estimate of drug-likeness (QED) is 0.749. The van der Waals surface area contributed by atoms with Crippen LogP contribution in [-0.4, -0.2) is 50.1 Å². The summed E-state index contributed by atoms with van der Waals surface area (Å²) < 4.78 is 10.9. The second kappa shape index (κ2) is 10.3. The van der Waals surface area contributed by atoms with E-state index in [4.69, 9.17) is 21.1 Å². The Labute approximate surface area is 159 Å². The summed E-state index contributed by atoms with van der Waals surface area (Å²) in [5.74, 6) is 0.787. The van der Waals surface area contributed by atoms with Gasteiger partial charge in [-0.15, -0.1) is 0 Å². The van der Waals surface area contributed by atoms with Gasteiger partial charge in [-0.05, 0) is 31.4 Å². The summed E-state index contributed by atoms with van der Waals surface area (Å²) in [5, 5.41) is 3.18. The average molecular weight is 383 g/mol. The highest BCUT2D eigenvalue weighted by Gasteiger charge is 2.18. The van der Waals surface area contributed by atoms with Crippen LogP contribution in [-0.2, 0) is 4.79 Å². The Hall–Kier alpha value is -1.95. The first-order chi connectivity index (χ1) is 12.6. The molecule has 1 aromatic carbocycles. The van der Waals surface area contributed by atoms with Gasteiger partial charge in [-0.3, -0.25) is 9.59 Å². The van der Waals surface area contributed by atoms with Crippen molar-refractivity contribution < 1.29 is 19.1 Å². The van der Waals surface area contributed by atoms with Gasteiger partial charge in [-0.2, -0.15) is 0 Å². The Morgan fingerprint density at radius 3 is 2.85 bits per heavy atom. The topological polar surface area (TPSA) is 67.9 Å². The number of likely N-dealkylation sites (tertiary alicyclic amines) is 1. The molecule has 1 fully saturated rings. The summed E-state index contributed by atoms with van der Waals surface area (Å²) in [6.07, 6.45) is 4.49. The zero-order chi connectivity index (χ0) is 18.9. The molecule has 0 aromatic heterocycles. The third-order valence-corrected chi connectivity index (χ3v) is 4.56. The Bertz CT molecular complexity index is 636. The molecule has 0 aliphatic carbocycles. The highest BCUT2D eigenvalue weighted by atomic mass is 35.5. The normalized spacial score (nSPS) is 14.7. The van der Waals surface area contributed by atoms with Crippen LogP contribution in [0.25, 0.3) is 0 Å². The van der Waals surface area contributed by atoms with Crippen molar-refractivity contribution in [2.75, 3.05) is 33.4 Å². The molecule has 1 aliphatic heterocycles. The maximum atomic E-state index is 12.4. The van der Waals surface area contributed by atoms with Crippen LogP contribution in [0.2, 0.25) is 5.02 Å². The zero-order valence-corrected chi connectivity index (χ0v) is 16.2. The molecule has 0 atom stereocenters. The number of amides is 2. The smallest absolute Gasteiger partial charge is 0.251 e. The predicted octanol–water partition coefficient (Wildman–Crippen LogP) is 3.27. The third kappa shape index (κ3) is 5.53. The summed E-state index contributed by atoms with van der Waals surface area (Å²) in [7, 11) is 1.51. The highest BCUT2D eigenvalue weighted by molar-refractivity contribution is 6.32. The van der Waals surface area contributed by atoms with Crippen LogP contribution in [0, 0.1) is 0 Å². The molecular weight excluding hydrogens is 356 g/mol. The SMILES string of the molecule is CCCOc1c(Cl)cc(C(=O)NCCN2CCCCCC2=O)cc1OC. The van der Waals surface area contributed by atoms with Gasteiger partial charge in [0.15, 0.2) is 11.5 Å². The highest BCUT2D eigenvalue weighted by Crippen LogP contribution is 2.36. The number of methoxy groups -OCH3 is 1. The molecule has 0 bridgehead atoms. The van der Waals surface area contributed by atoms with Crippen molar-refractivity contribution in [1.29, 1.82) is 0 Å². The first kappa shape index (κ1) is 20.4. The lowest BCUT2D eigenvalue weighted by atomic mass is 10.2. The van der Waals surface area contributed by atoms with Crippen LogP contribution in [0.1, 0.15) is 49.4 Å².